The molecule has 5 heteroatoms. The van der Waals surface area contributed by atoms with Crippen molar-refractivity contribution in [2.45, 2.75) is 20.0 Å². The fraction of sp³-hybridized carbons (Fsp3) is 0.231. The molecule has 1 aliphatic rings. The van der Waals surface area contributed by atoms with Crippen LogP contribution in [0, 0.1) is 12.7 Å². The molecule has 0 atom stereocenters. The smallest absolute Gasteiger partial charge is 0.255 e. The molecule has 3 rings (SSSR count). The molecule has 1 aromatic carbocycles. The van der Waals surface area contributed by atoms with Crippen LogP contribution in [0.2, 0.25) is 0 Å². The van der Waals surface area contributed by atoms with Gasteiger partial charge in [0.25, 0.3) is 5.56 Å². The number of hydrogen-bond donors (Lipinski definition) is 2. The third-order valence-electron chi connectivity index (χ3n) is 3.14. The summed E-state index contributed by atoms with van der Waals surface area (Å²) in [4.78, 5) is 19.1. The zero-order valence-electron chi connectivity index (χ0n) is 9.88. The van der Waals surface area contributed by atoms with Gasteiger partial charge in [-0.05, 0) is 30.7 Å². The molecule has 0 radical (unpaired) electrons. The molecule has 4 nitrogen and oxygen atoms in total. The first-order valence-corrected chi connectivity index (χ1v) is 5.74. The highest BCUT2D eigenvalue weighted by atomic mass is 19.1. The lowest BCUT2D eigenvalue weighted by Crippen LogP contribution is -2.16. The zero-order valence-corrected chi connectivity index (χ0v) is 9.88. The molecule has 0 saturated carbocycles. The fourth-order valence-electron chi connectivity index (χ4n) is 2.20. The molecule has 1 aromatic heterocycles. The molecule has 0 spiro atoms. The molecule has 0 bridgehead atoms. The molecule has 0 unspecified atom stereocenters. The number of aromatic amines is 1. The monoisotopic (exact) mass is 245 g/mol. The molecular weight excluding hydrogens is 233 g/mol. The average Bonchev–Trinajstić information content (AvgIpc) is 2.77. The predicted octanol–water partition coefficient (Wildman–Crippen LogP) is 1.49. The summed E-state index contributed by atoms with van der Waals surface area (Å²) in [6, 6.07) is 4.44. The summed E-state index contributed by atoms with van der Waals surface area (Å²) < 4.78 is 13.1. The number of nitrogens with zero attached hydrogens (tertiary/aromatic N) is 1. The van der Waals surface area contributed by atoms with E-state index in [0.29, 0.717) is 24.5 Å². The number of rotatable bonds is 1. The number of benzene rings is 1. The van der Waals surface area contributed by atoms with Crippen molar-refractivity contribution in [1.29, 1.82) is 0 Å². The summed E-state index contributed by atoms with van der Waals surface area (Å²) in [7, 11) is 0. The summed E-state index contributed by atoms with van der Waals surface area (Å²) in [6.07, 6.45) is 0. The Morgan fingerprint density at radius 1 is 1.33 bits per heavy atom. The highest BCUT2D eigenvalue weighted by Gasteiger charge is 2.17. The van der Waals surface area contributed by atoms with Crippen LogP contribution in [0.5, 0.6) is 0 Å². The molecule has 2 aromatic rings. The topological polar surface area (TPSA) is 57.8 Å². The Morgan fingerprint density at radius 2 is 2.17 bits per heavy atom. The highest BCUT2D eigenvalue weighted by molar-refractivity contribution is 5.60. The molecule has 0 aliphatic carbocycles. The second-order valence-corrected chi connectivity index (χ2v) is 4.40. The van der Waals surface area contributed by atoms with Crippen LogP contribution in [0.15, 0.2) is 23.0 Å². The van der Waals surface area contributed by atoms with Crippen molar-refractivity contribution < 1.29 is 4.39 Å². The van der Waals surface area contributed by atoms with E-state index in [2.05, 4.69) is 15.3 Å². The maximum atomic E-state index is 13.1. The van der Waals surface area contributed by atoms with Crippen LogP contribution < -0.4 is 10.9 Å². The van der Waals surface area contributed by atoms with Crippen LogP contribution in [0.1, 0.15) is 16.8 Å². The van der Waals surface area contributed by atoms with E-state index < -0.39 is 0 Å². The van der Waals surface area contributed by atoms with E-state index in [4.69, 9.17) is 0 Å². The summed E-state index contributed by atoms with van der Waals surface area (Å²) in [5.41, 5.74) is 2.85. The third-order valence-corrected chi connectivity index (χ3v) is 3.14. The number of hydrogen-bond acceptors (Lipinski definition) is 3. The van der Waals surface area contributed by atoms with Crippen LogP contribution in [-0.2, 0) is 13.1 Å². The second kappa shape index (κ2) is 4.03. The van der Waals surface area contributed by atoms with Gasteiger partial charge in [-0.15, -0.1) is 0 Å². The first-order chi connectivity index (χ1) is 8.65. The lowest BCUT2D eigenvalue weighted by molar-refractivity contribution is 0.627. The molecule has 92 valence electrons. The second-order valence-electron chi connectivity index (χ2n) is 4.40. The number of nitrogens with one attached hydrogen (secondary N) is 2. The van der Waals surface area contributed by atoms with Gasteiger partial charge in [0.2, 0.25) is 0 Å². The van der Waals surface area contributed by atoms with Gasteiger partial charge in [-0.2, -0.15) is 0 Å². The SMILES string of the molecule is Cc1cc(F)ccc1-c1nc2c(c(=O)[nH]1)CNC2. The van der Waals surface area contributed by atoms with Crippen LogP contribution in [-0.4, -0.2) is 9.97 Å². The number of aryl methyl sites for hydroxylation is 1. The summed E-state index contributed by atoms with van der Waals surface area (Å²) in [5, 5.41) is 3.09. The van der Waals surface area contributed by atoms with E-state index in [1.807, 2.05) is 0 Å². The molecule has 0 saturated heterocycles. The maximum absolute atomic E-state index is 13.1. The Bertz CT molecular complexity index is 678. The lowest BCUT2D eigenvalue weighted by Gasteiger charge is -2.06. The van der Waals surface area contributed by atoms with Crippen molar-refractivity contribution in [2.75, 3.05) is 0 Å². The zero-order chi connectivity index (χ0) is 12.7. The van der Waals surface area contributed by atoms with Crippen molar-refractivity contribution in [2.24, 2.45) is 0 Å². The van der Waals surface area contributed by atoms with Crippen molar-refractivity contribution in [3.63, 3.8) is 0 Å². The Morgan fingerprint density at radius 3 is 2.94 bits per heavy atom. The van der Waals surface area contributed by atoms with E-state index in [9.17, 15) is 9.18 Å². The Hall–Kier alpha value is -2.01. The van der Waals surface area contributed by atoms with Gasteiger partial charge in [-0.25, -0.2) is 9.37 Å². The van der Waals surface area contributed by atoms with Gasteiger partial charge < -0.3 is 10.3 Å². The molecule has 0 fully saturated rings. The summed E-state index contributed by atoms with van der Waals surface area (Å²) in [6.45, 7) is 2.96. The largest absolute Gasteiger partial charge is 0.307 e. The van der Waals surface area contributed by atoms with E-state index in [0.717, 1.165) is 16.8 Å². The van der Waals surface area contributed by atoms with Gasteiger partial charge in [-0.3, -0.25) is 4.79 Å². The molecule has 1 aliphatic heterocycles. The van der Waals surface area contributed by atoms with Crippen molar-refractivity contribution >= 4 is 0 Å². The summed E-state index contributed by atoms with van der Waals surface area (Å²) >= 11 is 0. The Kier molecular flexibility index (Phi) is 2.48. The number of fused-ring (bicyclic) bond motifs is 1. The van der Waals surface area contributed by atoms with E-state index >= 15 is 0 Å². The van der Waals surface area contributed by atoms with Gasteiger partial charge in [0.1, 0.15) is 11.6 Å². The van der Waals surface area contributed by atoms with Crippen molar-refractivity contribution in [1.82, 2.24) is 15.3 Å². The van der Waals surface area contributed by atoms with Crippen LogP contribution in [0.25, 0.3) is 11.4 Å². The first-order valence-electron chi connectivity index (χ1n) is 5.74. The fourth-order valence-corrected chi connectivity index (χ4v) is 2.20. The predicted molar refractivity (Wildman–Crippen MR) is 65.5 cm³/mol. The minimum absolute atomic E-state index is 0.122. The number of H-pyrrole nitrogens is 1. The quantitative estimate of drug-likeness (QED) is 0.800. The number of halogens is 1. The minimum Gasteiger partial charge on any atom is -0.307 e. The van der Waals surface area contributed by atoms with E-state index in [1.54, 1.807) is 13.0 Å². The van der Waals surface area contributed by atoms with Crippen LogP contribution in [0.4, 0.5) is 4.39 Å². The van der Waals surface area contributed by atoms with Crippen LogP contribution in [0.3, 0.4) is 0 Å². The van der Waals surface area contributed by atoms with E-state index in [-0.39, 0.29) is 11.4 Å². The lowest BCUT2D eigenvalue weighted by atomic mass is 10.1. The van der Waals surface area contributed by atoms with Gasteiger partial charge in [-0.1, -0.05) is 0 Å². The van der Waals surface area contributed by atoms with Crippen molar-refractivity contribution in [3.8, 4) is 11.4 Å². The standard InChI is InChI=1S/C13H12FN3O/c1-7-4-8(14)2-3-9(7)12-16-11-6-15-5-10(11)13(18)17-12/h2-4,15H,5-6H2,1H3,(H,16,17,18). The normalized spacial score (nSPS) is 13.7. The summed E-state index contributed by atoms with van der Waals surface area (Å²) in [5.74, 6) is 0.210. The molecular formula is C13H12FN3O. The van der Waals surface area contributed by atoms with Gasteiger partial charge in [0.15, 0.2) is 0 Å². The van der Waals surface area contributed by atoms with Crippen LogP contribution >= 0.6 is 0 Å². The maximum Gasteiger partial charge on any atom is 0.255 e. The molecule has 18 heavy (non-hydrogen) atoms. The average molecular weight is 245 g/mol. The van der Waals surface area contributed by atoms with Gasteiger partial charge in [0.05, 0.1) is 11.3 Å². The Balaban J connectivity index is 2.18. The number of aromatic nitrogens is 2. The third kappa shape index (κ3) is 1.73. The van der Waals surface area contributed by atoms with E-state index in [1.165, 1.54) is 12.1 Å². The van der Waals surface area contributed by atoms with Gasteiger partial charge in [0, 0.05) is 18.7 Å². The molecule has 2 heterocycles. The highest BCUT2D eigenvalue weighted by Crippen LogP contribution is 2.21. The molecule has 0 amide bonds. The molecule has 2 N–H and O–H groups in total. The van der Waals surface area contributed by atoms with Gasteiger partial charge >= 0.3 is 0 Å². The Labute approximate surface area is 103 Å². The first kappa shape index (κ1) is 11.1. The minimum atomic E-state index is -0.290. The van der Waals surface area contributed by atoms with Crippen molar-refractivity contribution in [3.05, 3.63) is 51.2 Å².